The molecule has 0 unspecified atom stereocenters. The van der Waals surface area contributed by atoms with Gasteiger partial charge >= 0.3 is 0 Å². The monoisotopic (exact) mass is 444 g/mol. The summed E-state index contributed by atoms with van der Waals surface area (Å²) in [6, 6.07) is 4.85. The lowest BCUT2D eigenvalue weighted by molar-refractivity contribution is 0.0654. The molecule has 0 spiro atoms. The zero-order valence-corrected chi connectivity index (χ0v) is 17.4. The Kier molecular flexibility index (Phi) is 5.41. The number of alkyl halides is 4. The first kappa shape index (κ1) is 21.8. The Morgan fingerprint density at radius 2 is 1.84 bits per heavy atom. The Hall–Kier alpha value is -3.41. The molecule has 0 saturated heterocycles. The van der Waals surface area contributed by atoms with Gasteiger partial charge in [-0.25, -0.2) is 27.5 Å². The number of rotatable bonds is 6. The molecule has 0 radical (unpaired) electrons. The number of anilines is 1. The van der Waals surface area contributed by atoms with Gasteiger partial charge in [0.1, 0.15) is 23.2 Å². The largest absolute Gasteiger partial charge is 0.352 e. The molecular formula is C23H20F4N4O. The van der Waals surface area contributed by atoms with E-state index in [4.69, 9.17) is 6.42 Å². The Bertz CT molecular complexity index is 1290. The number of nitrogens with zero attached hydrogens (tertiary/aromatic N) is 3. The maximum absolute atomic E-state index is 13.6. The van der Waals surface area contributed by atoms with Crippen LogP contribution < -0.4 is 10.9 Å². The van der Waals surface area contributed by atoms with Gasteiger partial charge < -0.3 is 9.88 Å². The van der Waals surface area contributed by atoms with E-state index >= 15 is 0 Å². The average Bonchev–Trinajstić information content (AvgIpc) is 3.53. The lowest BCUT2D eigenvalue weighted by atomic mass is 9.97. The standard InChI is InChI=1S/C23H20F4N4O/c1-4-17(14-6-5-7-15(12(14)2)20(24)25)30-21-16-11-31(23(8-9-23)22(26)27)19(32)10-18(16)28-13(3)29-21/h1,5-7,10-11,17,20,22H,8-9H2,2-3H3,(H,28,29,30)/t17-/m1/s1. The number of terminal acetylenes is 1. The highest BCUT2D eigenvalue weighted by Gasteiger charge is 2.53. The minimum Gasteiger partial charge on any atom is -0.352 e. The molecule has 1 saturated carbocycles. The van der Waals surface area contributed by atoms with Gasteiger partial charge in [-0.05, 0) is 37.8 Å². The zero-order chi connectivity index (χ0) is 23.2. The van der Waals surface area contributed by atoms with Crippen molar-refractivity contribution in [2.24, 2.45) is 0 Å². The molecule has 0 aliphatic heterocycles. The number of nitrogens with one attached hydrogen (secondary N) is 1. The summed E-state index contributed by atoms with van der Waals surface area (Å²) in [6.07, 6.45) is 2.06. The Balaban J connectivity index is 1.83. The summed E-state index contributed by atoms with van der Waals surface area (Å²) < 4.78 is 55.0. The van der Waals surface area contributed by atoms with E-state index in [1.807, 2.05) is 0 Å². The molecule has 0 amide bonds. The molecule has 1 aliphatic carbocycles. The number of benzene rings is 1. The second-order valence-electron chi connectivity index (χ2n) is 7.91. The molecule has 1 N–H and O–H groups in total. The van der Waals surface area contributed by atoms with Crippen LogP contribution in [0.15, 0.2) is 35.3 Å². The van der Waals surface area contributed by atoms with Gasteiger partial charge in [0.15, 0.2) is 0 Å². The summed E-state index contributed by atoms with van der Waals surface area (Å²) >= 11 is 0. The predicted octanol–water partition coefficient (Wildman–Crippen LogP) is 4.89. The van der Waals surface area contributed by atoms with E-state index in [1.54, 1.807) is 19.9 Å². The smallest absolute Gasteiger partial charge is 0.264 e. The topological polar surface area (TPSA) is 59.8 Å². The van der Waals surface area contributed by atoms with Crippen LogP contribution in [0, 0.1) is 26.2 Å². The van der Waals surface area contributed by atoms with Crippen LogP contribution in [0.25, 0.3) is 10.9 Å². The molecule has 1 atom stereocenters. The predicted molar refractivity (Wildman–Crippen MR) is 113 cm³/mol. The van der Waals surface area contributed by atoms with Gasteiger partial charge in [-0.1, -0.05) is 24.1 Å². The van der Waals surface area contributed by atoms with E-state index in [-0.39, 0.29) is 29.7 Å². The molecule has 4 rings (SSSR count). The van der Waals surface area contributed by atoms with E-state index in [0.717, 1.165) is 4.57 Å². The van der Waals surface area contributed by atoms with Crippen LogP contribution in [-0.4, -0.2) is 21.0 Å². The summed E-state index contributed by atoms with van der Waals surface area (Å²) in [5, 5.41) is 3.39. The van der Waals surface area contributed by atoms with E-state index < -0.39 is 30.0 Å². The summed E-state index contributed by atoms with van der Waals surface area (Å²) in [5.41, 5.74) is -1.14. The van der Waals surface area contributed by atoms with Crippen molar-refractivity contribution < 1.29 is 17.6 Å². The number of aromatic nitrogens is 3. The van der Waals surface area contributed by atoms with Crippen LogP contribution in [0.1, 0.15) is 47.8 Å². The van der Waals surface area contributed by atoms with Gasteiger partial charge in [0.25, 0.3) is 18.4 Å². The number of aryl methyl sites for hydroxylation is 1. The molecule has 1 fully saturated rings. The number of hydrogen-bond donors (Lipinski definition) is 1. The van der Waals surface area contributed by atoms with Crippen molar-refractivity contribution in [2.75, 3.05) is 5.32 Å². The van der Waals surface area contributed by atoms with Crippen molar-refractivity contribution in [2.45, 2.75) is 51.1 Å². The highest BCUT2D eigenvalue weighted by atomic mass is 19.3. The summed E-state index contributed by atoms with van der Waals surface area (Å²) in [5.74, 6) is 3.11. The molecule has 166 valence electrons. The molecular weight excluding hydrogens is 424 g/mol. The highest BCUT2D eigenvalue weighted by Crippen LogP contribution is 2.48. The second-order valence-corrected chi connectivity index (χ2v) is 7.91. The molecule has 9 heteroatoms. The molecule has 2 heterocycles. The number of halogens is 4. The molecule has 2 aromatic heterocycles. The normalized spacial score (nSPS) is 15.7. The van der Waals surface area contributed by atoms with Gasteiger partial charge in [-0.15, -0.1) is 6.42 Å². The van der Waals surface area contributed by atoms with Crippen molar-refractivity contribution in [3.63, 3.8) is 0 Å². The van der Waals surface area contributed by atoms with Gasteiger partial charge in [0.05, 0.1) is 10.9 Å². The minimum atomic E-state index is -2.70. The lowest BCUT2D eigenvalue weighted by Gasteiger charge is -2.21. The van der Waals surface area contributed by atoms with Crippen LogP contribution >= 0.6 is 0 Å². The Labute approximate surface area is 181 Å². The number of pyridine rings is 1. The SMILES string of the molecule is C#C[C@@H](Nc1nc(C)nc2cc(=O)n(C3(C(F)F)CC3)cc12)c1cccc(C(F)F)c1C. The average molecular weight is 444 g/mol. The van der Waals surface area contributed by atoms with Crippen molar-refractivity contribution in [1.82, 2.24) is 14.5 Å². The van der Waals surface area contributed by atoms with Crippen molar-refractivity contribution >= 4 is 16.7 Å². The molecule has 32 heavy (non-hydrogen) atoms. The van der Waals surface area contributed by atoms with Crippen LogP contribution in [-0.2, 0) is 5.54 Å². The molecule has 0 bridgehead atoms. The fourth-order valence-electron chi connectivity index (χ4n) is 3.94. The third kappa shape index (κ3) is 3.60. The summed E-state index contributed by atoms with van der Waals surface area (Å²) in [6.45, 7) is 3.18. The van der Waals surface area contributed by atoms with E-state index in [9.17, 15) is 22.4 Å². The fourth-order valence-corrected chi connectivity index (χ4v) is 3.94. The Morgan fingerprint density at radius 3 is 2.44 bits per heavy atom. The van der Waals surface area contributed by atoms with Crippen LogP contribution in [0.2, 0.25) is 0 Å². The minimum absolute atomic E-state index is 0.130. The van der Waals surface area contributed by atoms with Gasteiger partial charge in [-0.2, -0.15) is 0 Å². The third-order valence-electron chi connectivity index (χ3n) is 5.90. The third-order valence-corrected chi connectivity index (χ3v) is 5.90. The lowest BCUT2D eigenvalue weighted by Crippen LogP contribution is -2.35. The molecule has 1 aromatic carbocycles. The number of fused-ring (bicyclic) bond motifs is 1. The van der Waals surface area contributed by atoms with Crippen LogP contribution in [0.3, 0.4) is 0 Å². The van der Waals surface area contributed by atoms with E-state index in [1.165, 1.54) is 24.4 Å². The van der Waals surface area contributed by atoms with Crippen molar-refractivity contribution in [3.05, 3.63) is 63.3 Å². The van der Waals surface area contributed by atoms with Crippen molar-refractivity contribution in [3.8, 4) is 12.3 Å². The van der Waals surface area contributed by atoms with Gasteiger partial charge in [0.2, 0.25) is 0 Å². The Morgan fingerprint density at radius 1 is 1.16 bits per heavy atom. The maximum atomic E-state index is 13.6. The zero-order valence-electron chi connectivity index (χ0n) is 17.4. The second kappa shape index (κ2) is 7.93. The summed E-state index contributed by atoms with van der Waals surface area (Å²) in [4.78, 5) is 21.1. The summed E-state index contributed by atoms with van der Waals surface area (Å²) in [7, 11) is 0. The van der Waals surface area contributed by atoms with E-state index in [2.05, 4.69) is 21.2 Å². The van der Waals surface area contributed by atoms with Crippen LogP contribution in [0.5, 0.6) is 0 Å². The fraction of sp³-hybridized carbons (Fsp3) is 0.348. The van der Waals surface area contributed by atoms with Gasteiger partial charge in [0, 0.05) is 17.8 Å². The van der Waals surface area contributed by atoms with Gasteiger partial charge in [-0.3, -0.25) is 4.79 Å². The maximum Gasteiger partial charge on any atom is 0.264 e. The number of hydrogen-bond acceptors (Lipinski definition) is 4. The first-order valence-electron chi connectivity index (χ1n) is 9.98. The first-order valence-corrected chi connectivity index (χ1v) is 9.98. The molecule has 3 aromatic rings. The quantitative estimate of drug-likeness (QED) is 0.435. The van der Waals surface area contributed by atoms with Crippen molar-refractivity contribution in [1.29, 1.82) is 0 Å². The van der Waals surface area contributed by atoms with Crippen LogP contribution in [0.4, 0.5) is 23.4 Å². The molecule has 1 aliphatic rings. The van der Waals surface area contributed by atoms with E-state index in [0.29, 0.717) is 22.3 Å². The highest BCUT2D eigenvalue weighted by molar-refractivity contribution is 5.88. The molecule has 5 nitrogen and oxygen atoms in total. The first-order chi connectivity index (χ1) is 15.2.